The number of nitrogens with zero attached hydrogens (tertiary/aromatic N) is 3. The van der Waals surface area contributed by atoms with Crippen molar-refractivity contribution >= 4 is 11.7 Å². The Hall–Kier alpha value is -4.17. The van der Waals surface area contributed by atoms with E-state index in [-0.39, 0.29) is 17.1 Å². The lowest BCUT2D eigenvalue weighted by Crippen LogP contribution is -2.42. The van der Waals surface area contributed by atoms with Crippen LogP contribution in [0.2, 0.25) is 0 Å². The summed E-state index contributed by atoms with van der Waals surface area (Å²) in [5, 5.41) is 20.7. The summed E-state index contributed by atoms with van der Waals surface area (Å²) in [7, 11) is 0. The number of nitrogens with one attached hydrogen (secondary N) is 2. The van der Waals surface area contributed by atoms with Gasteiger partial charge in [-0.2, -0.15) is 5.10 Å². The molecule has 0 spiro atoms. The molecule has 0 saturated heterocycles. The molecular formula is C30H36N6O2. The van der Waals surface area contributed by atoms with Crippen LogP contribution in [0.25, 0.3) is 16.9 Å². The molecule has 0 aliphatic heterocycles. The van der Waals surface area contributed by atoms with Gasteiger partial charge in [0.1, 0.15) is 11.6 Å². The van der Waals surface area contributed by atoms with Gasteiger partial charge in [0, 0.05) is 37.1 Å². The maximum Gasteiger partial charge on any atom is 0.237 e. The largest absolute Gasteiger partial charge is 0.508 e. The lowest BCUT2D eigenvalue weighted by molar-refractivity contribution is -0.122. The Labute approximate surface area is 223 Å². The van der Waals surface area contributed by atoms with Crippen LogP contribution in [-0.4, -0.2) is 44.9 Å². The molecule has 0 bridgehead atoms. The van der Waals surface area contributed by atoms with Crippen LogP contribution < -0.4 is 16.4 Å². The topological polar surface area (TPSA) is 118 Å². The number of nitrogens with two attached hydrogens (primary N) is 1. The minimum absolute atomic E-state index is 0.0724. The van der Waals surface area contributed by atoms with Gasteiger partial charge in [0.05, 0.1) is 17.4 Å². The summed E-state index contributed by atoms with van der Waals surface area (Å²) < 4.78 is 1.91. The number of aromatic hydroxyl groups is 1. The second kappa shape index (κ2) is 11.9. The minimum Gasteiger partial charge on any atom is -0.508 e. The highest BCUT2D eigenvalue weighted by Gasteiger charge is 2.16. The third-order valence-corrected chi connectivity index (χ3v) is 6.35. The summed E-state index contributed by atoms with van der Waals surface area (Å²) in [5.74, 6) is 0.869. The molecule has 2 aromatic carbocycles. The van der Waals surface area contributed by atoms with Gasteiger partial charge < -0.3 is 21.5 Å². The first-order chi connectivity index (χ1) is 18.2. The molecule has 5 N–H and O–H groups in total. The van der Waals surface area contributed by atoms with E-state index in [1.54, 1.807) is 36.7 Å². The Morgan fingerprint density at radius 2 is 1.68 bits per heavy atom. The number of amides is 1. The van der Waals surface area contributed by atoms with Gasteiger partial charge in [-0.1, -0.05) is 45.0 Å². The molecule has 1 atom stereocenters. The molecule has 2 heterocycles. The zero-order valence-corrected chi connectivity index (χ0v) is 22.2. The molecule has 4 rings (SSSR count). The number of rotatable bonds is 10. The fraction of sp³-hybridized carbons (Fsp3) is 0.300. The van der Waals surface area contributed by atoms with E-state index in [0.717, 1.165) is 34.7 Å². The van der Waals surface area contributed by atoms with E-state index >= 15 is 0 Å². The van der Waals surface area contributed by atoms with Crippen molar-refractivity contribution in [3.05, 3.63) is 90.3 Å². The third kappa shape index (κ3) is 6.98. The molecule has 198 valence electrons. The van der Waals surface area contributed by atoms with Crippen molar-refractivity contribution in [1.29, 1.82) is 0 Å². The van der Waals surface area contributed by atoms with Gasteiger partial charge in [-0.05, 0) is 65.8 Å². The van der Waals surface area contributed by atoms with E-state index < -0.39 is 6.04 Å². The monoisotopic (exact) mass is 512 g/mol. The van der Waals surface area contributed by atoms with Gasteiger partial charge >= 0.3 is 0 Å². The first-order valence-electron chi connectivity index (χ1n) is 12.9. The van der Waals surface area contributed by atoms with E-state index in [9.17, 15) is 9.90 Å². The van der Waals surface area contributed by atoms with Gasteiger partial charge in [0.25, 0.3) is 0 Å². The number of anilines is 1. The third-order valence-electron chi connectivity index (χ3n) is 6.35. The maximum atomic E-state index is 12.4. The van der Waals surface area contributed by atoms with Crippen molar-refractivity contribution in [3.8, 4) is 22.7 Å². The second-order valence-corrected chi connectivity index (χ2v) is 10.4. The zero-order valence-electron chi connectivity index (χ0n) is 22.2. The molecular weight excluding hydrogens is 476 g/mol. The number of pyridine rings is 1. The van der Waals surface area contributed by atoms with Gasteiger partial charge in [0.2, 0.25) is 5.91 Å². The summed E-state index contributed by atoms with van der Waals surface area (Å²) >= 11 is 0. The number of benzene rings is 2. The van der Waals surface area contributed by atoms with Crippen LogP contribution in [0.15, 0.2) is 79.1 Å². The second-order valence-electron chi connectivity index (χ2n) is 10.4. The predicted octanol–water partition coefficient (Wildman–Crippen LogP) is 4.43. The number of hydrogen-bond acceptors (Lipinski definition) is 6. The molecule has 38 heavy (non-hydrogen) atoms. The highest BCUT2D eigenvalue weighted by molar-refractivity contribution is 5.81. The number of carbonyl (C=O) groups is 1. The summed E-state index contributed by atoms with van der Waals surface area (Å²) in [6.45, 7) is 7.74. The quantitative estimate of drug-likeness (QED) is 0.234. The zero-order chi connectivity index (χ0) is 27.1. The van der Waals surface area contributed by atoms with Crippen molar-refractivity contribution in [1.82, 2.24) is 20.1 Å². The van der Waals surface area contributed by atoms with Crippen molar-refractivity contribution in [2.75, 3.05) is 18.4 Å². The molecule has 2 aromatic heterocycles. The lowest BCUT2D eigenvalue weighted by atomic mass is 9.87. The Balaban J connectivity index is 1.37. The molecule has 0 unspecified atom stereocenters. The van der Waals surface area contributed by atoms with E-state index in [2.05, 4.69) is 60.7 Å². The van der Waals surface area contributed by atoms with Crippen molar-refractivity contribution in [3.63, 3.8) is 0 Å². The first kappa shape index (κ1) is 26.9. The highest BCUT2D eigenvalue weighted by Crippen LogP contribution is 2.27. The lowest BCUT2D eigenvalue weighted by Gasteiger charge is -2.19. The van der Waals surface area contributed by atoms with E-state index in [4.69, 9.17) is 10.8 Å². The smallest absolute Gasteiger partial charge is 0.237 e. The average Bonchev–Trinajstić information content (AvgIpc) is 3.34. The fourth-order valence-electron chi connectivity index (χ4n) is 4.10. The Morgan fingerprint density at radius 3 is 2.34 bits per heavy atom. The number of aromatic nitrogens is 3. The Kier molecular flexibility index (Phi) is 8.43. The summed E-state index contributed by atoms with van der Waals surface area (Å²) in [5.41, 5.74) is 11.1. The molecule has 0 aliphatic carbocycles. The molecule has 8 heteroatoms. The van der Waals surface area contributed by atoms with Gasteiger partial charge in [-0.15, -0.1) is 0 Å². The van der Waals surface area contributed by atoms with Crippen molar-refractivity contribution < 1.29 is 9.90 Å². The molecule has 0 fully saturated rings. The average molecular weight is 513 g/mol. The number of hydrogen-bond donors (Lipinski definition) is 4. The molecule has 1 amide bonds. The summed E-state index contributed by atoms with van der Waals surface area (Å²) in [6, 6.07) is 20.4. The van der Waals surface area contributed by atoms with Crippen LogP contribution in [0.3, 0.4) is 0 Å². The van der Waals surface area contributed by atoms with Crippen LogP contribution in [0.4, 0.5) is 5.82 Å². The van der Waals surface area contributed by atoms with E-state index in [1.807, 2.05) is 22.9 Å². The molecule has 8 nitrogen and oxygen atoms in total. The SMILES string of the molecule is CC(C)(C)c1ccc(-n2nc(-c3ccncc3)cc2NCCCNC(=O)[C@@H](N)Cc2ccc(O)cc2)cc1. The van der Waals surface area contributed by atoms with Crippen LogP contribution in [0, 0.1) is 0 Å². The van der Waals surface area contributed by atoms with Gasteiger partial charge in [0.15, 0.2) is 0 Å². The van der Waals surface area contributed by atoms with E-state index in [0.29, 0.717) is 19.5 Å². The minimum atomic E-state index is -0.645. The predicted molar refractivity (Wildman–Crippen MR) is 151 cm³/mol. The highest BCUT2D eigenvalue weighted by atomic mass is 16.3. The number of phenolic OH excluding ortho intramolecular Hbond substituents is 1. The van der Waals surface area contributed by atoms with Crippen LogP contribution >= 0.6 is 0 Å². The van der Waals surface area contributed by atoms with Crippen molar-refractivity contribution in [2.24, 2.45) is 5.73 Å². The van der Waals surface area contributed by atoms with Crippen LogP contribution in [0.1, 0.15) is 38.3 Å². The fourth-order valence-corrected chi connectivity index (χ4v) is 4.10. The standard InChI is InChI=1S/C30H36N6O2/c1-30(2,3)23-7-9-24(10-8-23)36-28(20-27(35-36)22-13-17-32-18-14-22)33-15-4-16-34-29(38)26(31)19-21-5-11-25(37)12-6-21/h5-14,17-18,20,26,33,37H,4,15-16,19,31H2,1-3H3,(H,34,38)/t26-/m0/s1. The van der Waals surface area contributed by atoms with Crippen LogP contribution in [-0.2, 0) is 16.6 Å². The normalized spacial score (nSPS) is 12.2. The van der Waals surface area contributed by atoms with Gasteiger partial charge in [-0.3, -0.25) is 9.78 Å². The maximum absolute atomic E-state index is 12.4. The molecule has 0 radical (unpaired) electrons. The van der Waals surface area contributed by atoms with Gasteiger partial charge in [-0.25, -0.2) is 4.68 Å². The molecule has 0 saturated carbocycles. The summed E-state index contributed by atoms with van der Waals surface area (Å²) in [6.07, 6.45) is 4.65. The van der Waals surface area contributed by atoms with E-state index in [1.165, 1.54) is 5.56 Å². The van der Waals surface area contributed by atoms with Crippen molar-refractivity contribution in [2.45, 2.75) is 45.1 Å². The first-order valence-corrected chi connectivity index (χ1v) is 12.9. The summed E-state index contributed by atoms with van der Waals surface area (Å²) in [4.78, 5) is 16.5. The Bertz CT molecular complexity index is 1330. The molecule has 4 aromatic rings. The Morgan fingerprint density at radius 1 is 1.00 bits per heavy atom. The van der Waals surface area contributed by atoms with Crippen LogP contribution in [0.5, 0.6) is 5.75 Å². The number of phenols is 1. The molecule has 0 aliphatic rings. The number of carbonyl (C=O) groups excluding carboxylic acids is 1.